The first-order valence-electron chi connectivity index (χ1n) is 9.29. The SMILES string of the molecule is CCCc1nc2ccccc2n1[C@H](C)C(=O)N(CC)Cc1ccncc1. The number of likely N-dealkylation sites (N-methyl/N-ethyl adjacent to an activating group) is 1. The molecule has 0 fully saturated rings. The first-order valence-corrected chi connectivity index (χ1v) is 9.29. The van der Waals surface area contributed by atoms with Crippen LogP contribution in [-0.4, -0.2) is 31.9 Å². The van der Waals surface area contributed by atoms with Crippen molar-refractivity contribution in [2.24, 2.45) is 0 Å². The maximum atomic E-state index is 13.2. The Hall–Kier alpha value is -2.69. The van der Waals surface area contributed by atoms with Gasteiger partial charge in [-0.05, 0) is 50.1 Å². The Morgan fingerprint density at radius 3 is 2.58 bits per heavy atom. The van der Waals surface area contributed by atoms with Crippen molar-refractivity contribution in [2.45, 2.75) is 46.2 Å². The van der Waals surface area contributed by atoms with E-state index >= 15 is 0 Å². The lowest BCUT2D eigenvalue weighted by atomic mass is 10.2. The lowest BCUT2D eigenvalue weighted by molar-refractivity contribution is -0.134. The molecule has 0 unspecified atom stereocenters. The molecule has 0 bridgehead atoms. The molecule has 0 aliphatic carbocycles. The maximum Gasteiger partial charge on any atom is 0.245 e. The van der Waals surface area contributed by atoms with Crippen LogP contribution in [0.4, 0.5) is 0 Å². The second-order valence-corrected chi connectivity index (χ2v) is 6.52. The summed E-state index contributed by atoms with van der Waals surface area (Å²) in [4.78, 5) is 23.9. The molecule has 3 rings (SSSR count). The number of pyridine rings is 1. The molecule has 26 heavy (non-hydrogen) atoms. The Labute approximate surface area is 154 Å². The third kappa shape index (κ3) is 3.62. The first-order chi connectivity index (χ1) is 12.7. The summed E-state index contributed by atoms with van der Waals surface area (Å²) in [6.45, 7) is 7.40. The summed E-state index contributed by atoms with van der Waals surface area (Å²) < 4.78 is 2.11. The van der Waals surface area contributed by atoms with Gasteiger partial charge in [0.15, 0.2) is 0 Å². The van der Waals surface area contributed by atoms with Gasteiger partial charge in [-0.15, -0.1) is 0 Å². The summed E-state index contributed by atoms with van der Waals surface area (Å²) >= 11 is 0. The van der Waals surface area contributed by atoms with Crippen LogP contribution in [-0.2, 0) is 17.8 Å². The van der Waals surface area contributed by atoms with E-state index in [9.17, 15) is 4.79 Å². The topological polar surface area (TPSA) is 51.0 Å². The third-order valence-electron chi connectivity index (χ3n) is 4.70. The van der Waals surface area contributed by atoms with Crippen LogP contribution in [0.3, 0.4) is 0 Å². The minimum atomic E-state index is -0.286. The van der Waals surface area contributed by atoms with Gasteiger partial charge in [-0.3, -0.25) is 9.78 Å². The molecule has 3 aromatic rings. The van der Waals surface area contributed by atoms with Crippen LogP contribution >= 0.6 is 0 Å². The van der Waals surface area contributed by atoms with Crippen molar-refractivity contribution < 1.29 is 4.79 Å². The van der Waals surface area contributed by atoms with Gasteiger partial charge in [0.05, 0.1) is 11.0 Å². The van der Waals surface area contributed by atoms with Crippen molar-refractivity contribution >= 4 is 16.9 Å². The van der Waals surface area contributed by atoms with Crippen molar-refractivity contribution in [3.63, 3.8) is 0 Å². The fourth-order valence-electron chi connectivity index (χ4n) is 3.36. The number of imidazole rings is 1. The lowest BCUT2D eigenvalue weighted by Gasteiger charge is -2.26. The number of rotatable bonds is 7. The number of nitrogens with zero attached hydrogens (tertiary/aromatic N) is 4. The van der Waals surface area contributed by atoms with Crippen LogP contribution < -0.4 is 0 Å². The first kappa shape index (κ1) is 18.1. The predicted molar refractivity (Wildman–Crippen MR) is 104 cm³/mol. The monoisotopic (exact) mass is 350 g/mol. The summed E-state index contributed by atoms with van der Waals surface area (Å²) in [6, 6.07) is 11.7. The van der Waals surface area contributed by atoms with Crippen LogP contribution in [0.15, 0.2) is 48.8 Å². The molecule has 5 nitrogen and oxygen atoms in total. The van der Waals surface area contributed by atoms with Gasteiger partial charge >= 0.3 is 0 Å². The number of hydrogen-bond acceptors (Lipinski definition) is 3. The van der Waals surface area contributed by atoms with Gasteiger partial charge in [0.2, 0.25) is 5.91 Å². The lowest BCUT2D eigenvalue weighted by Crippen LogP contribution is -2.36. The van der Waals surface area contributed by atoms with E-state index in [1.165, 1.54) is 0 Å². The van der Waals surface area contributed by atoms with Crippen molar-refractivity contribution in [3.05, 3.63) is 60.2 Å². The molecule has 0 N–H and O–H groups in total. The van der Waals surface area contributed by atoms with Crippen molar-refractivity contribution in [2.75, 3.05) is 6.54 Å². The van der Waals surface area contributed by atoms with Crippen LogP contribution in [0.2, 0.25) is 0 Å². The fraction of sp³-hybridized carbons (Fsp3) is 0.381. The molecule has 0 saturated carbocycles. The zero-order valence-electron chi connectivity index (χ0n) is 15.7. The molecule has 1 amide bonds. The molecule has 0 aliphatic rings. The fourth-order valence-corrected chi connectivity index (χ4v) is 3.36. The zero-order chi connectivity index (χ0) is 18.5. The van der Waals surface area contributed by atoms with Crippen molar-refractivity contribution in [1.29, 1.82) is 0 Å². The number of carbonyl (C=O) groups is 1. The van der Waals surface area contributed by atoms with Crippen molar-refractivity contribution in [1.82, 2.24) is 19.4 Å². The Morgan fingerprint density at radius 1 is 1.15 bits per heavy atom. The van der Waals surface area contributed by atoms with Gasteiger partial charge in [0.1, 0.15) is 11.9 Å². The smallest absolute Gasteiger partial charge is 0.245 e. The number of para-hydroxylation sites is 2. The molecule has 2 aromatic heterocycles. The second-order valence-electron chi connectivity index (χ2n) is 6.52. The van der Waals surface area contributed by atoms with Gasteiger partial charge in [-0.25, -0.2) is 4.98 Å². The number of amides is 1. The van der Waals surface area contributed by atoms with E-state index in [4.69, 9.17) is 4.98 Å². The number of carbonyl (C=O) groups excluding carboxylic acids is 1. The highest BCUT2D eigenvalue weighted by molar-refractivity contribution is 5.84. The Morgan fingerprint density at radius 2 is 1.88 bits per heavy atom. The second kappa shape index (κ2) is 8.13. The Balaban J connectivity index is 1.92. The third-order valence-corrected chi connectivity index (χ3v) is 4.70. The molecule has 0 saturated heterocycles. The van der Waals surface area contributed by atoms with Crippen molar-refractivity contribution in [3.8, 4) is 0 Å². The van der Waals surface area contributed by atoms with Crippen LogP contribution in [0.1, 0.15) is 44.6 Å². The van der Waals surface area contributed by atoms with E-state index in [-0.39, 0.29) is 11.9 Å². The van der Waals surface area contributed by atoms with E-state index in [1.807, 2.05) is 55.1 Å². The highest BCUT2D eigenvalue weighted by Gasteiger charge is 2.25. The summed E-state index contributed by atoms with van der Waals surface area (Å²) in [7, 11) is 0. The van der Waals surface area contributed by atoms with E-state index in [1.54, 1.807) is 12.4 Å². The average molecular weight is 350 g/mol. The molecule has 0 spiro atoms. The summed E-state index contributed by atoms with van der Waals surface area (Å²) in [5.41, 5.74) is 3.07. The molecule has 0 radical (unpaired) electrons. The maximum absolute atomic E-state index is 13.2. The van der Waals surface area contributed by atoms with E-state index < -0.39 is 0 Å². The molecule has 1 atom stereocenters. The number of fused-ring (bicyclic) bond motifs is 1. The minimum absolute atomic E-state index is 0.116. The zero-order valence-corrected chi connectivity index (χ0v) is 15.7. The molecular weight excluding hydrogens is 324 g/mol. The normalized spacial score (nSPS) is 12.3. The molecule has 1 aromatic carbocycles. The predicted octanol–water partition coefficient (Wildman–Crippen LogP) is 3.99. The molecular formula is C21H26N4O. The van der Waals surface area contributed by atoms with Gasteiger partial charge < -0.3 is 9.47 Å². The highest BCUT2D eigenvalue weighted by atomic mass is 16.2. The molecule has 2 heterocycles. The molecule has 5 heteroatoms. The Kier molecular flexibility index (Phi) is 5.66. The van der Waals surface area contributed by atoms with Gasteiger partial charge in [0.25, 0.3) is 0 Å². The average Bonchev–Trinajstić information content (AvgIpc) is 3.04. The Bertz CT molecular complexity index is 872. The summed E-state index contributed by atoms with van der Waals surface area (Å²) in [6.07, 6.45) is 5.39. The quantitative estimate of drug-likeness (QED) is 0.647. The van der Waals surface area contributed by atoms with Gasteiger partial charge in [-0.2, -0.15) is 0 Å². The number of benzene rings is 1. The molecule has 136 valence electrons. The largest absolute Gasteiger partial charge is 0.337 e. The minimum Gasteiger partial charge on any atom is -0.337 e. The summed E-state index contributed by atoms with van der Waals surface area (Å²) in [5, 5.41) is 0. The van der Waals surface area contributed by atoms with E-state index in [0.29, 0.717) is 13.1 Å². The standard InChI is InChI=1S/C21H26N4O/c1-4-8-20-23-18-9-6-7-10-19(18)25(20)16(3)21(26)24(5-2)15-17-11-13-22-14-12-17/h6-7,9-14,16H,4-5,8,15H2,1-3H3/t16-/m1/s1. The van der Waals surface area contributed by atoms with Gasteiger partial charge in [0, 0.05) is 31.9 Å². The molecule has 0 aliphatic heterocycles. The summed E-state index contributed by atoms with van der Waals surface area (Å²) in [5.74, 6) is 1.10. The van der Waals surface area contributed by atoms with Gasteiger partial charge in [-0.1, -0.05) is 19.1 Å². The highest BCUT2D eigenvalue weighted by Crippen LogP contribution is 2.24. The number of aromatic nitrogens is 3. The number of aryl methyl sites for hydroxylation is 1. The van der Waals surface area contributed by atoms with Crippen LogP contribution in [0.5, 0.6) is 0 Å². The number of hydrogen-bond donors (Lipinski definition) is 0. The van der Waals surface area contributed by atoms with E-state index in [2.05, 4.69) is 16.5 Å². The van der Waals surface area contributed by atoms with Crippen LogP contribution in [0, 0.1) is 0 Å². The van der Waals surface area contributed by atoms with E-state index in [0.717, 1.165) is 35.3 Å². The van der Waals surface area contributed by atoms with Crippen LogP contribution in [0.25, 0.3) is 11.0 Å².